The van der Waals surface area contributed by atoms with Crippen LogP contribution in [-0.4, -0.2) is 5.76 Å². The van der Waals surface area contributed by atoms with Crippen molar-refractivity contribution in [2.75, 3.05) is 0 Å². The summed E-state index contributed by atoms with van der Waals surface area (Å²) in [4.78, 5) is 0.532. The number of halogens is 3. The molecular formula is C7H5ClF2S. The van der Waals surface area contributed by atoms with Gasteiger partial charge >= 0.3 is 0 Å². The van der Waals surface area contributed by atoms with E-state index in [1.54, 1.807) is 24.3 Å². The Balaban J connectivity index is 2.66. The van der Waals surface area contributed by atoms with E-state index in [2.05, 4.69) is 0 Å². The minimum absolute atomic E-state index is 0.515. The van der Waals surface area contributed by atoms with Crippen molar-refractivity contribution < 1.29 is 8.78 Å². The van der Waals surface area contributed by atoms with Crippen molar-refractivity contribution in [2.45, 2.75) is 10.7 Å². The Bertz CT molecular complexity index is 222. The SMILES string of the molecule is FC(F)Sc1ccc(Cl)cc1. The van der Waals surface area contributed by atoms with Crippen LogP contribution in [0.4, 0.5) is 8.78 Å². The molecule has 0 saturated heterocycles. The third kappa shape index (κ3) is 3.08. The number of rotatable bonds is 2. The lowest BCUT2D eigenvalue weighted by atomic mass is 10.4. The van der Waals surface area contributed by atoms with E-state index in [0.29, 0.717) is 21.7 Å². The van der Waals surface area contributed by atoms with Gasteiger partial charge in [-0.25, -0.2) is 0 Å². The van der Waals surface area contributed by atoms with Crippen LogP contribution in [-0.2, 0) is 0 Å². The summed E-state index contributed by atoms with van der Waals surface area (Å²) in [6.45, 7) is 0. The van der Waals surface area contributed by atoms with Crippen LogP contribution in [0.15, 0.2) is 29.2 Å². The van der Waals surface area contributed by atoms with E-state index in [1.807, 2.05) is 0 Å². The molecule has 0 N–H and O–H groups in total. The summed E-state index contributed by atoms with van der Waals surface area (Å²) < 4.78 is 23.5. The van der Waals surface area contributed by atoms with Gasteiger partial charge in [0, 0.05) is 9.92 Å². The van der Waals surface area contributed by atoms with Crippen LogP contribution in [0, 0.1) is 0 Å². The molecule has 1 rings (SSSR count). The van der Waals surface area contributed by atoms with Gasteiger partial charge in [-0.15, -0.1) is 0 Å². The van der Waals surface area contributed by atoms with Crippen LogP contribution < -0.4 is 0 Å². The van der Waals surface area contributed by atoms with E-state index in [9.17, 15) is 8.78 Å². The fourth-order valence-corrected chi connectivity index (χ4v) is 1.24. The first kappa shape index (κ1) is 8.81. The van der Waals surface area contributed by atoms with E-state index in [0.717, 1.165) is 0 Å². The van der Waals surface area contributed by atoms with Gasteiger partial charge in [0.05, 0.1) is 0 Å². The number of hydrogen-bond acceptors (Lipinski definition) is 1. The molecule has 60 valence electrons. The first-order valence-electron chi connectivity index (χ1n) is 2.89. The quantitative estimate of drug-likeness (QED) is 0.648. The Kier molecular flexibility index (Phi) is 3.15. The molecule has 0 aliphatic carbocycles. The molecule has 11 heavy (non-hydrogen) atoms. The molecular weight excluding hydrogens is 190 g/mol. The Morgan fingerprint density at radius 1 is 1.18 bits per heavy atom. The third-order valence-electron chi connectivity index (χ3n) is 1.04. The summed E-state index contributed by atoms with van der Waals surface area (Å²) in [5.41, 5.74) is 0. The van der Waals surface area contributed by atoms with Gasteiger partial charge in [0.25, 0.3) is 5.76 Å². The van der Waals surface area contributed by atoms with Crippen molar-refractivity contribution in [3.63, 3.8) is 0 Å². The maximum absolute atomic E-state index is 11.8. The molecule has 0 atom stereocenters. The van der Waals surface area contributed by atoms with Gasteiger partial charge in [-0.2, -0.15) is 8.78 Å². The molecule has 4 heteroatoms. The second-order valence-electron chi connectivity index (χ2n) is 1.83. The summed E-state index contributed by atoms with van der Waals surface area (Å²) in [5, 5.41) is 0.559. The van der Waals surface area contributed by atoms with Gasteiger partial charge in [0.1, 0.15) is 0 Å². The third-order valence-corrected chi connectivity index (χ3v) is 2.01. The molecule has 0 aliphatic rings. The molecule has 0 bridgehead atoms. The van der Waals surface area contributed by atoms with Crippen molar-refractivity contribution in [2.24, 2.45) is 0 Å². The zero-order valence-electron chi connectivity index (χ0n) is 5.43. The Morgan fingerprint density at radius 3 is 2.18 bits per heavy atom. The average molecular weight is 195 g/mol. The van der Waals surface area contributed by atoms with Gasteiger partial charge in [-0.05, 0) is 24.3 Å². The van der Waals surface area contributed by atoms with Crippen LogP contribution in [0.2, 0.25) is 5.02 Å². The summed E-state index contributed by atoms with van der Waals surface area (Å²) in [6.07, 6.45) is 0. The smallest absolute Gasteiger partial charge is 0.198 e. The Labute approximate surface area is 72.6 Å². The zero-order chi connectivity index (χ0) is 8.27. The molecule has 0 amide bonds. The molecule has 0 fully saturated rings. The van der Waals surface area contributed by atoms with Crippen molar-refractivity contribution in [3.8, 4) is 0 Å². The van der Waals surface area contributed by atoms with Crippen LogP contribution in [0.5, 0.6) is 0 Å². The lowest BCUT2D eigenvalue weighted by molar-refractivity contribution is 0.252. The standard InChI is InChI=1S/C7H5ClF2S/c8-5-1-3-6(4-2-5)11-7(9)10/h1-4,7H. The number of thioether (sulfide) groups is 1. The topological polar surface area (TPSA) is 0 Å². The summed E-state index contributed by atoms with van der Waals surface area (Å²) >= 11 is 6.07. The van der Waals surface area contributed by atoms with E-state index in [-0.39, 0.29) is 0 Å². The number of alkyl halides is 2. The molecule has 0 saturated carbocycles. The van der Waals surface area contributed by atoms with E-state index < -0.39 is 5.76 Å². The second-order valence-corrected chi connectivity index (χ2v) is 3.33. The van der Waals surface area contributed by atoms with Crippen molar-refractivity contribution >= 4 is 23.4 Å². The van der Waals surface area contributed by atoms with Gasteiger partial charge < -0.3 is 0 Å². The predicted octanol–water partition coefficient (Wildman–Crippen LogP) is 3.65. The second kappa shape index (κ2) is 3.93. The van der Waals surface area contributed by atoms with E-state index in [1.165, 1.54) is 0 Å². The monoisotopic (exact) mass is 194 g/mol. The van der Waals surface area contributed by atoms with Crippen molar-refractivity contribution in [3.05, 3.63) is 29.3 Å². The van der Waals surface area contributed by atoms with Crippen LogP contribution in [0.25, 0.3) is 0 Å². The minimum Gasteiger partial charge on any atom is -0.198 e. The first-order valence-corrected chi connectivity index (χ1v) is 4.14. The maximum atomic E-state index is 11.8. The molecule has 0 radical (unpaired) electrons. The van der Waals surface area contributed by atoms with Gasteiger partial charge in [-0.3, -0.25) is 0 Å². The fraction of sp³-hybridized carbons (Fsp3) is 0.143. The zero-order valence-corrected chi connectivity index (χ0v) is 7.00. The summed E-state index contributed by atoms with van der Waals surface area (Å²) in [7, 11) is 0. The normalized spacial score (nSPS) is 10.5. The molecule has 0 aromatic heterocycles. The fourth-order valence-electron chi connectivity index (χ4n) is 0.616. The average Bonchev–Trinajstić information content (AvgIpc) is 1.93. The molecule has 0 unspecified atom stereocenters. The van der Waals surface area contributed by atoms with Gasteiger partial charge in [-0.1, -0.05) is 23.4 Å². The van der Waals surface area contributed by atoms with Crippen LogP contribution >= 0.6 is 23.4 Å². The minimum atomic E-state index is -2.36. The highest BCUT2D eigenvalue weighted by atomic mass is 35.5. The summed E-state index contributed by atoms with van der Waals surface area (Å²) in [5.74, 6) is -2.36. The first-order chi connectivity index (χ1) is 5.18. The van der Waals surface area contributed by atoms with Crippen LogP contribution in [0.3, 0.4) is 0 Å². The Morgan fingerprint density at radius 2 is 1.73 bits per heavy atom. The van der Waals surface area contributed by atoms with Crippen molar-refractivity contribution in [1.29, 1.82) is 0 Å². The lowest BCUT2D eigenvalue weighted by Gasteiger charge is -1.98. The van der Waals surface area contributed by atoms with Gasteiger partial charge in [0.2, 0.25) is 0 Å². The molecule has 1 aromatic carbocycles. The molecule has 0 nitrogen and oxygen atoms in total. The highest BCUT2D eigenvalue weighted by molar-refractivity contribution is 7.99. The predicted molar refractivity (Wildman–Crippen MR) is 43.3 cm³/mol. The van der Waals surface area contributed by atoms with Crippen molar-refractivity contribution in [1.82, 2.24) is 0 Å². The lowest BCUT2D eigenvalue weighted by Crippen LogP contribution is -1.79. The number of benzene rings is 1. The molecule has 0 spiro atoms. The van der Waals surface area contributed by atoms with Crippen LogP contribution in [0.1, 0.15) is 0 Å². The number of hydrogen-bond donors (Lipinski definition) is 0. The molecule has 0 heterocycles. The molecule has 0 aliphatic heterocycles. The van der Waals surface area contributed by atoms with Gasteiger partial charge in [0.15, 0.2) is 0 Å². The molecule has 1 aromatic rings. The highest BCUT2D eigenvalue weighted by Gasteiger charge is 2.03. The summed E-state index contributed by atoms with van der Waals surface area (Å²) in [6, 6.07) is 6.32. The largest absolute Gasteiger partial charge is 0.288 e. The van der Waals surface area contributed by atoms with E-state index in [4.69, 9.17) is 11.6 Å². The van der Waals surface area contributed by atoms with E-state index >= 15 is 0 Å². The highest BCUT2D eigenvalue weighted by Crippen LogP contribution is 2.25. The maximum Gasteiger partial charge on any atom is 0.288 e. The Hall–Kier alpha value is -0.280.